The topological polar surface area (TPSA) is 81.5 Å². The Bertz CT molecular complexity index is 1710. The first-order valence-corrected chi connectivity index (χ1v) is 12.6. The minimum atomic E-state index is 0.117. The second-order valence-corrected chi connectivity index (χ2v) is 9.53. The van der Waals surface area contributed by atoms with Gasteiger partial charge >= 0.3 is 0 Å². The molecule has 8 heteroatoms. The van der Waals surface area contributed by atoms with Gasteiger partial charge in [-0.05, 0) is 54.8 Å². The molecule has 3 aromatic carbocycles. The van der Waals surface area contributed by atoms with E-state index in [2.05, 4.69) is 52.0 Å². The number of carbonyl (C=O) groups excluding carboxylic acids is 1. The van der Waals surface area contributed by atoms with Crippen molar-refractivity contribution in [2.75, 3.05) is 31.0 Å². The first-order chi connectivity index (χ1) is 18.5. The molecule has 0 aliphatic carbocycles. The summed E-state index contributed by atoms with van der Waals surface area (Å²) in [5.74, 6) is 2.02. The summed E-state index contributed by atoms with van der Waals surface area (Å²) < 4.78 is 13.0. The molecule has 0 fully saturated rings. The molecule has 3 heterocycles. The third-order valence-corrected chi connectivity index (χ3v) is 7.54. The summed E-state index contributed by atoms with van der Waals surface area (Å²) >= 11 is 0. The van der Waals surface area contributed by atoms with Crippen molar-refractivity contribution in [3.63, 3.8) is 0 Å². The quantitative estimate of drug-likeness (QED) is 0.335. The van der Waals surface area contributed by atoms with Gasteiger partial charge in [0.05, 0.1) is 26.2 Å². The summed E-state index contributed by atoms with van der Waals surface area (Å²) in [4.78, 5) is 24.2. The van der Waals surface area contributed by atoms with Gasteiger partial charge in [-0.2, -0.15) is 0 Å². The molecule has 0 saturated carbocycles. The van der Waals surface area contributed by atoms with Crippen LogP contribution in [0.4, 0.5) is 17.2 Å². The Morgan fingerprint density at radius 1 is 1.00 bits per heavy atom. The SMILES string of the molecule is COc1cc2ncnc(Nc3ccc4c(c3)CCN4C(=O)Cc3c(C)n(C)c4ccccc34)c2cc1OC. The molecule has 1 aliphatic heterocycles. The summed E-state index contributed by atoms with van der Waals surface area (Å²) in [5.41, 5.74) is 7.14. The molecule has 0 atom stereocenters. The molecule has 8 nitrogen and oxygen atoms in total. The van der Waals surface area contributed by atoms with Gasteiger partial charge in [0.2, 0.25) is 5.91 Å². The van der Waals surface area contributed by atoms with Crippen LogP contribution in [-0.2, 0) is 24.7 Å². The van der Waals surface area contributed by atoms with Crippen LogP contribution in [0.1, 0.15) is 16.8 Å². The molecule has 0 spiro atoms. The number of methoxy groups -OCH3 is 2. The van der Waals surface area contributed by atoms with E-state index in [9.17, 15) is 4.79 Å². The van der Waals surface area contributed by atoms with Gasteiger partial charge in [-0.25, -0.2) is 9.97 Å². The number of hydrogen-bond acceptors (Lipinski definition) is 6. The smallest absolute Gasteiger partial charge is 0.231 e. The molecule has 1 amide bonds. The van der Waals surface area contributed by atoms with Crippen molar-refractivity contribution in [1.82, 2.24) is 14.5 Å². The largest absolute Gasteiger partial charge is 0.493 e. The minimum absolute atomic E-state index is 0.117. The Labute approximate surface area is 220 Å². The number of ether oxygens (including phenoxy) is 2. The Hall–Kier alpha value is -4.59. The molecule has 1 N–H and O–H groups in total. The number of amides is 1. The standard InChI is InChI=1S/C30H29N5O3/c1-18-22(21-7-5-6-8-26(21)34(18)2)15-29(36)35-12-11-19-13-20(9-10-25(19)35)33-30-23-14-27(37-3)28(38-4)16-24(23)31-17-32-30/h5-10,13-14,16-17H,11-12,15H2,1-4H3,(H,31,32,33). The average Bonchev–Trinajstić information content (AvgIpc) is 3.47. The fourth-order valence-electron chi connectivity index (χ4n) is 5.43. The van der Waals surface area contributed by atoms with Crippen molar-refractivity contribution in [1.29, 1.82) is 0 Å². The highest BCUT2D eigenvalue weighted by atomic mass is 16.5. The number of aryl methyl sites for hydroxylation is 1. The normalized spacial score (nSPS) is 12.7. The molecule has 2 aromatic heterocycles. The molecule has 0 radical (unpaired) electrons. The zero-order valence-corrected chi connectivity index (χ0v) is 21.9. The Kier molecular flexibility index (Phi) is 5.87. The van der Waals surface area contributed by atoms with E-state index in [-0.39, 0.29) is 5.91 Å². The van der Waals surface area contributed by atoms with E-state index < -0.39 is 0 Å². The van der Waals surface area contributed by atoms with Gasteiger partial charge < -0.3 is 24.3 Å². The number of nitrogens with one attached hydrogen (secondary N) is 1. The number of rotatable bonds is 6. The number of carbonyl (C=O) groups is 1. The second-order valence-electron chi connectivity index (χ2n) is 9.53. The van der Waals surface area contributed by atoms with E-state index in [0.29, 0.717) is 30.3 Å². The van der Waals surface area contributed by atoms with Crippen LogP contribution in [0.15, 0.2) is 60.9 Å². The molecular weight excluding hydrogens is 478 g/mol. The van der Waals surface area contributed by atoms with E-state index in [4.69, 9.17) is 9.47 Å². The number of anilines is 3. The zero-order chi connectivity index (χ0) is 26.4. The van der Waals surface area contributed by atoms with E-state index in [1.165, 1.54) is 6.33 Å². The molecule has 38 heavy (non-hydrogen) atoms. The van der Waals surface area contributed by atoms with Gasteiger partial charge in [0.25, 0.3) is 0 Å². The van der Waals surface area contributed by atoms with Crippen molar-refractivity contribution in [3.8, 4) is 11.5 Å². The third-order valence-electron chi connectivity index (χ3n) is 7.54. The van der Waals surface area contributed by atoms with Crippen molar-refractivity contribution in [2.24, 2.45) is 7.05 Å². The predicted octanol–water partition coefficient (Wildman–Crippen LogP) is 5.32. The van der Waals surface area contributed by atoms with Gasteiger partial charge in [-0.15, -0.1) is 0 Å². The maximum Gasteiger partial charge on any atom is 0.231 e. The van der Waals surface area contributed by atoms with Crippen LogP contribution in [0.5, 0.6) is 11.5 Å². The number of benzene rings is 3. The lowest BCUT2D eigenvalue weighted by molar-refractivity contribution is -0.117. The molecule has 0 saturated heterocycles. The molecule has 0 unspecified atom stereocenters. The first kappa shape index (κ1) is 23.8. The number of nitrogens with zero attached hydrogens (tertiary/aromatic N) is 4. The van der Waals surface area contributed by atoms with Gasteiger partial charge in [0.1, 0.15) is 12.1 Å². The van der Waals surface area contributed by atoms with E-state index >= 15 is 0 Å². The van der Waals surface area contributed by atoms with E-state index in [1.54, 1.807) is 14.2 Å². The maximum atomic E-state index is 13.5. The Balaban J connectivity index is 1.26. The third kappa shape index (κ3) is 3.89. The van der Waals surface area contributed by atoms with Crippen LogP contribution < -0.4 is 19.7 Å². The van der Waals surface area contributed by atoms with Crippen LogP contribution >= 0.6 is 0 Å². The maximum absolute atomic E-state index is 13.5. The lowest BCUT2D eigenvalue weighted by Crippen LogP contribution is -2.30. The highest BCUT2D eigenvalue weighted by Gasteiger charge is 2.26. The van der Waals surface area contributed by atoms with Gasteiger partial charge in [-0.3, -0.25) is 4.79 Å². The monoisotopic (exact) mass is 507 g/mol. The van der Waals surface area contributed by atoms with Gasteiger partial charge in [0.15, 0.2) is 11.5 Å². The Morgan fingerprint density at radius 3 is 2.61 bits per heavy atom. The number of fused-ring (bicyclic) bond motifs is 3. The molecule has 1 aliphatic rings. The molecule has 192 valence electrons. The van der Waals surface area contributed by atoms with Crippen LogP contribution in [0.2, 0.25) is 0 Å². The van der Waals surface area contributed by atoms with Crippen molar-refractivity contribution in [3.05, 3.63) is 77.7 Å². The molecule has 6 rings (SSSR count). The van der Waals surface area contributed by atoms with Crippen molar-refractivity contribution >= 4 is 44.9 Å². The molecular formula is C30H29N5O3. The van der Waals surface area contributed by atoms with Gasteiger partial charge in [0, 0.05) is 53.0 Å². The summed E-state index contributed by atoms with van der Waals surface area (Å²) in [6.45, 7) is 2.76. The second kappa shape index (κ2) is 9.37. The van der Waals surface area contributed by atoms with E-state index in [0.717, 1.165) is 56.4 Å². The van der Waals surface area contributed by atoms with E-state index in [1.807, 2.05) is 41.3 Å². The van der Waals surface area contributed by atoms with Crippen molar-refractivity contribution in [2.45, 2.75) is 19.8 Å². The highest BCUT2D eigenvalue weighted by molar-refractivity contribution is 6.00. The predicted molar refractivity (Wildman–Crippen MR) is 150 cm³/mol. The van der Waals surface area contributed by atoms with Crippen molar-refractivity contribution < 1.29 is 14.3 Å². The lowest BCUT2D eigenvalue weighted by atomic mass is 10.1. The summed E-state index contributed by atoms with van der Waals surface area (Å²) in [6.07, 6.45) is 2.71. The lowest BCUT2D eigenvalue weighted by Gasteiger charge is -2.18. The summed E-state index contributed by atoms with van der Waals surface area (Å²) in [6, 6.07) is 18.1. The zero-order valence-electron chi connectivity index (χ0n) is 21.9. The Morgan fingerprint density at radius 2 is 1.79 bits per heavy atom. The van der Waals surface area contributed by atoms with Crippen LogP contribution in [0.3, 0.4) is 0 Å². The fourth-order valence-corrected chi connectivity index (χ4v) is 5.43. The summed E-state index contributed by atoms with van der Waals surface area (Å²) in [5, 5.41) is 5.40. The minimum Gasteiger partial charge on any atom is -0.493 e. The summed E-state index contributed by atoms with van der Waals surface area (Å²) in [7, 11) is 5.26. The van der Waals surface area contributed by atoms with Gasteiger partial charge in [-0.1, -0.05) is 18.2 Å². The highest BCUT2D eigenvalue weighted by Crippen LogP contribution is 2.36. The number of hydrogen-bond donors (Lipinski definition) is 1. The average molecular weight is 508 g/mol. The van der Waals surface area contributed by atoms with Crippen LogP contribution in [-0.4, -0.2) is 41.2 Å². The van der Waals surface area contributed by atoms with Crippen LogP contribution in [0, 0.1) is 6.92 Å². The number of aromatic nitrogens is 3. The molecule has 5 aromatic rings. The molecule has 0 bridgehead atoms. The first-order valence-electron chi connectivity index (χ1n) is 12.6. The van der Waals surface area contributed by atoms with Crippen LogP contribution in [0.25, 0.3) is 21.8 Å². The fraction of sp³-hybridized carbons (Fsp3) is 0.233. The number of para-hydroxylation sites is 1.